The van der Waals surface area contributed by atoms with Gasteiger partial charge in [-0.25, -0.2) is 8.42 Å². The third-order valence-electron chi connectivity index (χ3n) is 3.93. The van der Waals surface area contributed by atoms with Crippen LogP contribution in [0.3, 0.4) is 0 Å². The van der Waals surface area contributed by atoms with Gasteiger partial charge in [0, 0.05) is 18.8 Å². The molecule has 5 heteroatoms. The highest BCUT2D eigenvalue weighted by Crippen LogP contribution is 2.28. The molecule has 0 heterocycles. The molecule has 4 nitrogen and oxygen atoms in total. The van der Waals surface area contributed by atoms with Crippen molar-refractivity contribution < 1.29 is 8.42 Å². The third-order valence-corrected chi connectivity index (χ3v) is 5.97. The Kier molecular flexibility index (Phi) is 5.59. The minimum atomic E-state index is -3.49. The lowest BCUT2D eigenvalue weighted by Gasteiger charge is -2.25. The Balaban J connectivity index is 3.47. The van der Waals surface area contributed by atoms with Gasteiger partial charge in [-0.15, -0.1) is 0 Å². The van der Waals surface area contributed by atoms with Crippen LogP contribution in [0.5, 0.6) is 0 Å². The lowest BCUT2D eigenvalue weighted by Crippen LogP contribution is -2.35. The summed E-state index contributed by atoms with van der Waals surface area (Å²) in [6.45, 7) is 7.82. The van der Waals surface area contributed by atoms with Crippen LogP contribution < -0.4 is 5.73 Å². The molecule has 1 unspecified atom stereocenters. The zero-order valence-corrected chi connectivity index (χ0v) is 13.9. The van der Waals surface area contributed by atoms with Crippen LogP contribution in [0.1, 0.15) is 45.2 Å². The van der Waals surface area contributed by atoms with E-state index < -0.39 is 10.0 Å². The van der Waals surface area contributed by atoms with Gasteiger partial charge in [-0.3, -0.25) is 0 Å². The molecule has 0 bridgehead atoms. The molecule has 114 valence electrons. The first-order chi connectivity index (χ1) is 9.29. The van der Waals surface area contributed by atoms with Crippen molar-refractivity contribution in [1.29, 1.82) is 0 Å². The molecule has 0 radical (unpaired) electrons. The number of benzene rings is 1. The van der Waals surface area contributed by atoms with E-state index in [0.717, 1.165) is 24.0 Å². The van der Waals surface area contributed by atoms with Crippen LogP contribution in [-0.4, -0.2) is 25.8 Å². The third kappa shape index (κ3) is 3.15. The fourth-order valence-electron chi connectivity index (χ4n) is 2.19. The van der Waals surface area contributed by atoms with Gasteiger partial charge >= 0.3 is 0 Å². The van der Waals surface area contributed by atoms with Crippen LogP contribution in [0.4, 0.5) is 5.69 Å². The summed E-state index contributed by atoms with van der Waals surface area (Å²) in [4.78, 5) is 0.361. The molecule has 0 aliphatic heterocycles. The standard InChI is InChI=1S/C15H26N2O2S/c1-6-11(4)17(5)20(18,19)15-10-12(7-2)9-14(16)13(15)8-3/h9-11H,6-8,16H2,1-5H3. The Morgan fingerprint density at radius 3 is 2.25 bits per heavy atom. The van der Waals surface area contributed by atoms with Gasteiger partial charge in [-0.1, -0.05) is 20.8 Å². The average molecular weight is 298 g/mol. The van der Waals surface area contributed by atoms with Crippen molar-refractivity contribution in [3.05, 3.63) is 23.3 Å². The Hall–Kier alpha value is -1.07. The zero-order chi connectivity index (χ0) is 15.5. The average Bonchev–Trinajstić information content (AvgIpc) is 2.44. The summed E-state index contributed by atoms with van der Waals surface area (Å²) in [6.07, 6.45) is 2.16. The maximum absolute atomic E-state index is 12.8. The van der Waals surface area contributed by atoms with Crippen molar-refractivity contribution in [2.24, 2.45) is 0 Å². The lowest BCUT2D eigenvalue weighted by atomic mass is 10.1. The van der Waals surface area contributed by atoms with E-state index in [1.807, 2.05) is 33.8 Å². The first-order valence-electron chi connectivity index (χ1n) is 7.18. The van der Waals surface area contributed by atoms with Crippen molar-refractivity contribution in [2.45, 2.75) is 57.9 Å². The molecule has 2 N–H and O–H groups in total. The molecule has 1 aromatic carbocycles. The van der Waals surface area contributed by atoms with Gasteiger partial charge < -0.3 is 5.73 Å². The number of aryl methyl sites for hydroxylation is 1. The fraction of sp³-hybridized carbons (Fsp3) is 0.600. The molecule has 0 aliphatic rings. The first-order valence-corrected chi connectivity index (χ1v) is 8.62. The van der Waals surface area contributed by atoms with Gasteiger partial charge in [0.05, 0.1) is 4.90 Å². The molecule has 20 heavy (non-hydrogen) atoms. The van der Waals surface area contributed by atoms with Crippen molar-refractivity contribution in [3.8, 4) is 0 Å². The normalized spacial score (nSPS) is 13.7. The minimum Gasteiger partial charge on any atom is -0.398 e. The molecule has 0 aliphatic carbocycles. The summed E-state index contributed by atoms with van der Waals surface area (Å²) in [7, 11) is -1.86. The summed E-state index contributed by atoms with van der Waals surface area (Å²) in [5, 5.41) is 0. The van der Waals surface area contributed by atoms with E-state index in [1.54, 1.807) is 13.1 Å². The number of hydrogen-bond donors (Lipinski definition) is 1. The number of nitrogen functional groups attached to an aromatic ring is 1. The highest BCUT2D eigenvalue weighted by atomic mass is 32.2. The van der Waals surface area contributed by atoms with Gasteiger partial charge in [-0.2, -0.15) is 4.31 Å². The number of hydrogen-bond acceptors (Lipinski definition) is 3. The van der Waals surface area contributed by atoms with E-state index in [1.165, 1.54) is 4.31 Å². The van der Waals surface area contributed by atoms with Crippen molar-refractivity contribution in [1.82, 2.24) is 4.31 Å². The van der Waals surface area contributed by atoms with Gasteiger partial charge in [-0.05, 0) is 49.4 Å². The monoisotopic (exact) mass is 298 g/mol. The summed E-state index contributed by atoms with van der Waals surface area (Å²) in [5.74, 6) is 0. The minimum absolute atomic E-state index is 0.0313. The largest absolute Gasteiger partial charge is 0.398 e. The van der Waals surface area contributed by atoms with Gasteiger partial charge in [0.1, 0.15) is 0 Å². The number of rotatable bonds is 6. The summed E-state index contributed by atoms with van der Waals surface area (Å²) in [6, 6.07) is 3.61. The molecular formula is C15H26N2O2S. The molecule has 0 saturated heterocycles. The summed E-state index contributed by atoms with van der Waals surface area (Å²) >= 11 is 0. The topological polar surface area (TPSA) is 63.4 Å². The number of sulfonamides is 1. The van der Waals surface area contributed by atoms with Crippen molar-refractivity contribution in [3.63, 3.8) is 0 Å². The summed E-state index contributed by atoms with van der Waals surface area (Å²) in [5.41, 5.74) is 8.28. The first kappa shape index (κ1) is 17.0. The molecule has 0 amide bonds. The van der Waals surface area contributed by atoms with Gasteiger partial charge in [0.2, 0.25) is 10.0 Å². The van der Waals surface area contributed by atoms with Gasteiger partial charge in [0.15, 0.2) is 0 Å². The van der Waals surface area contributed by atoms with E-state index in [-0.39, 0.29) is 6.04 Å². The van der Waals surface area contributed by atoms with Crippen molar-refractivity contribution in [2.75, 3.05) is 12.8 Å². The van der Waals surface area contributed by atoms with E-state index in [9.17, 15) is 8.42 Å². The van der Waals surface area contributed by atoms with Crippen LogP contribution in [0.25, 0.3) is 0 Å². The Morgan fingerprint density at radius 1 is 1.20 bits per heavy atom. The highest BCUT2D eigenvalue weighted by molar-refractivity contribution is 7.89. The lowest BCUT2D eigenvalue weighted by molar-refractivity contribution is 0.380. The molecule has 0 fully saturated rings. The Bertz CT molecular complexity index is 567. The maximum Gasteiger partial charge on any atom is 0.243 e. The SMILES string of the molecule is CCc1cc(N)c(CC)c(S(=O)(=O)N(C)C(C)CC)c1. The maximum atomic E-state index is 12.8. The molecule has 0 saturated carbocycles. The second-order valence-electron chi connectivity index (χ2n) is 5.15. The van der Waals surface area contributed by atoms with Crippen molar-refractivity contribution >= 4 is 15.7 Å². The van der Waals surface area contributed by atoms with Crippen LogP contribution in [-0.2, 0) is 22.9 Å². The second-order valence-corrected chi connectivity index (χ2v) is 7.11. The van der Waals surface area contributed by atoms with E-state index in [0.29, 0.717) is 17.0 Å². The molecule has 0 aromatic heterocycles. The molecule has 1 aromatic rings. The molecule has 1 rings (SSSR count). The second kappa shape index (κ2) is 6.59. The highest BCUT2D eigenvalue weighted by Gasteiger charge is 2.27. The molecule has 1 atom stereocenters. The number of nitrogens with zero attached hydrogens (tertiary/aromatic N) is 1. The Morgan fingerprint density at radius 2 is 1.80 bits per heavy atom. The van der Waals surface area contributed by atoms with E-state index >= 15 is 0 Å². The van der Waals surface area contributed by atoms with Gasteiger partial charge in [0.25, 0.3) is 0 Å². The van der Waals surface area contributed by atoms with Crippen LogP contribution in [0.2, 0.25) is 0 Å². The van der Waals surface area contributed by atoms with E-state index in [2.05, 4.69) is 0 Å². The van der Waals surface area contributed by atoms with Crippen LogP contribution in [0, 0.1) is 0 Å². The number of nitrogens with two attached hydrogens (primary N) is 1. The quantitative estimate of drug-likeness (QED) is 0.821. The fourth-order valence-corrected chi connectivity index (χ4v) is 4.00. The smallest absolute Gasteiger partial charge is 0.243 e. The number of anilines is 1. The summed E-state index contributed by atoms with van der Waals surface area (Å²) < 4.78 is 27.1. The Labute approximate surface area is 123 Å². The van der Waals surface area contributed by atoms with E-state index in [4.69, 9.17) is 5.73 Å². The molecular weight excluding hydrogens is 272 g/mol. The molecule has 0 spiro atoms. The zero-order valence-electron chi connectivity index (χ0n) is 13.1. The predicted octanol–water partition coefficient (Wildman–Crippen LogP) is 2.81. The van der Waals surface area contributed by atoms with Crippen LogP contribution >= 0.6 is 0 Å². The predicted molar refractivity (Wildman–Crippen MR) is 84.3 cm³/mol. The van der Waals surface area contributed by atoms with Crippen LogP contribution in [0.15, 0.2) is 17.0 Å².